The number of nitrogens with one attached hydrogen (secondary N) is 2. The van der Waals surface area contributed by atoms with Gasteiger partial charge in [-0.3, -0.25) is 9.59 Å². The molecule has 0 spiro atoms. The van der Waals surface area contributed by atoms with Crippen LogP contribution in [0.4, 0.5) is 11.4 Å². The predicted molar refractivity (Wildman–Crippen MR) is 126 cm³/mol. The van der Waals surface area contributed by atoms with Gasteiger partial charge in [-0.15, -0.1) is 0 Å². The van der Waals surface area contributed by atoms with Crippen molar-refractivity contribution in [1.82, 2.24) is 0 Å². The molecule has 0 fully saturated rings. The number of rotatable bonds is 6. The molecule has 3 rings (SSSR count). The number of carbonyl (C=O) groups is 2. The average Bonchev–Trinajstić information content (AvgIpc) is 2.64. The summed E-state index contributed by atoms with van der Waals surface area (Å²) in [6.07, 6.45) is 6.14. The van der Waals surface area contributed by atoms with Crippen molar-refractivity contribution in [2.45, 2.75) is 24.9 Å². The molecule has 0 aliphatic carbocycles. The van der Waals surface area contributed by atoms with Crippen LogP contribution in [0.3, 0.4) is 0 Å². The largest absolute Gasteiger partial charge is 0.376 e. The fraction of sp³-hybridized carbons (Fsp3) is 0.222. The summed E-state index contributed by atoms with van der Waals surface area (Å²) in [5.41, 5.74) is 12.8. The number of carbonyl (C=O) groups excluding carboxylic acids is 2. The zero-order valence-corrected chi connectivity index (χ0v) is 18.2. The van der Waals surface area contributed by atoms with E-state index in [9.17, 15) is 9.59 Å². The molecule has 2 atom stereocenters. The topological polar surface area (TPSA) is 110 Å². The first-order valence-corrected chi connectivity index (χ1v) is 13.0. The Morgan fingerprint density at radius 1 is 0.846 bits per heavy atom. The van der Waals surface area contributed by atoms with E-state index in [1.807, 2.05) is 0 Å². The van der Waals surface area contributed by atoms with Crippen molar-refractivity contribution in [2.75, 3.05) is 10.6 Å². The molecule has 2 amide bonds. The van der Waals surface area contributed by atoms with Crippen molar-refractivity contribution in [3.63, 3.8) is 0 Å². The van der Waals surface area contributed by atoms with Crippen molar-refractivity contribution in [3.8, 4) is 0 Å². The van der Waals surface area contributed by atoms with Crippen molar-refractivity contribution in [3.05, 3.63) is 43.6 Å². The molecule has 26 heavy (non-hydrogen) atoms. The molecule has 6 nitrogen and oxygen atoms in total. The summed E-state index contributed by atoms with van der Waals surface area (Å²) in [6, 6.07) is 3.69. The third-order valence-corrected chi connectivity index (χ3v) is 8.34. The minimum Gasteiger partial charge on any atom is -0.376 e. The third kappa shape index (κ3) is 4.78. The SMILES string of the molecule is NC(=O)c1cc(NC2C=IC=CC2)c(NC2C=IC=CC2)cc1C(N)=O. The maximum absolute atomic E-state index is 11.8. The number of amides is 2. The molecule has 2 unspecified atom stereocenters. The number of nitrogens with two attached hydrogens (primary N) is 2. The van der Waals surface area contributed by atoms with Crippen LogP contribution < -0.4 is 22.1 Å². The molecule has 0 saturated heterocycles. The Kier molecular flexibility index (Phi) is 6.57. The lowest BCUT2D eigenvalue weighted by molar-refractivity contribution is 0.0967. The minimum absolute atomic E-state index is 0.0539. The summed E-state index contributed by atoms with van der Waals surface area (Å²) in [6.45, 7) is 0. The molecule has 2 aliphatic heterocycles. The molecular weight excluding hydrogens is 558 g/mol. The number of primary amides is 2. The van der Waals surface area contributed by atoms with E-state index in [1.54, 1.807) is 12.1 Å². The molecule has 6 N–H and O–H groups in total. The van der Waals surface area contributed by atoms with Crippen LogP contribution in [0.1, 0.15) is 33.6 Å². The monoisotopic (exact) mass is 578 g/mol. The van der Waals surface area contributed by atoms with E-state index < -0.39 is 11.8 Å². The predicted octanol–water partition coefficient (Wildman–Crippen LogP) is 2.83. The summed E-state index contributed by atoms with van der Waals surface area (Å²) >= 11 is -0.108. The molecule has 0 radical (unpaired) electrons. The van der Waals surface area contributed by atoms with Gasteiger partial charge in [0.05, 0.1) is 34.6 Å². The second kappa shape index (κ2) is 8.89. The lowest BCUT2D eigenvalue weighted by Gasteiger charge is -2.24. The Labute approximate surface area is 172 Å². The van der Waals surface area contributed by atoms with Gasteiger partial charge in [0.2, 0.25) is 11.8 Å². The molecule has 138 valence electrons. The van der Waals surface area contributed by atoms with Crippen LogP contribution in [-0.4, -0.2) is 31.9 Å². The highest BCUT2D eigenvalue weighted by atomic mass is 127. The van der Waals surface area contributed by atoms with E-state index in [4.69, 9.17) is 11.5 Å². The quantitative estimate of drug-likeness (QED) is 0.390. The highest BCUT2D eigenvalue weighted by molar-refractivity contribution is 14.2. The Hall–Kier alpha value is -1.56. The second-order valence-electron chi connectivity index (χ2n) is 5.87. The van der Waals surface area contributed by atoms with Gasteiger partial charge in [-0.1, -0.05) is 53.6 Å². The van der Waals surface area contributed by atoms with E-state index in [-0.39, 0.29) is 64.7 Å². The number of halogens is 2. The van der Waals surface area contributed by atoms with E-state index in [0.29, 0.717) is 0 Å². The Balaban J connectivity index is 1.98. The van der Waals surface area contributed by atoms with Crippen molar-refractivity contribution >= 4 is 72.7 Å². The lowest BCUT2D eigenvalue weighted by Crippen LogP contribution is -2.27. The first kappa shape index (κ1) is 19.2. The lowest BCUT2D eigenvalue weighted by atomic mass is 10.0. The molecule has 2 heterocycles. The van der Waals surface area contributed by atoms with Crippen LogP contribution in [0.2, 0.25) is 0 Å². The van der Waals surface area contributed by atoms with Gasteiger partial charge >= 0.3 is 0 Å². The van der Waals surface area contributed by atoms with E-state index >= 15 is 0 Å². The molecule has 1 aromatic rings. The Morgan fingerprint density at radius 2 is 1.27 bits per heavy atom. The molecule has 1 aromatic carbocycles. The smallest absolute Gasteiger partial charge is 0.249 e. The molecule has 8 heteroatoms. The summed E-state index contributed by atoms with van der Waals surface area (Å²) in [5, 5.41) is 6.95. The summed E-state index contributed by atoms with van der Waals surface area (Å²) in [7, 11) is 0. The van der Waals surface area contributed by atoms with Gasteiger partial charge in [0.1, 0.15) is 0 Å². The molecule has 0 saturated carbocycles. The summed E-state index contributed by atoms with van der Waals surface area (Å²) < 4.78 is 9.04. The summed E-state index contributed by atoms with van der Waals surface area (Å²) in [5.74, 6) is -1.32. The molecule has 0 aromatic heterocycles. The fourth-order valence-corrected chi connectivity index (χ4v) is 6.29. The summed E-state index contributed by atoms with van der Waals surface area (Å²) in [4.78, 5) is 23.6. The van der Waals surface area contributed by atoms with Crippen LogP contribution in [-0.2, 0) is 0 Å². The highest BCUT2D eigenvalue weighted by Crippen LogP contribution is 2.30. The van der Waals surface area contributed by atoms with Gasteiger partial charge in [0.15, 0.2) is 0 Å². The van der Waals surface area contributed by atoms with E-state index in [2.05, 4.69) is 39.0 Å². The van der Waals surface area contributed by atoms with Gasteiger partial charge in [0, 0.05) is 0 Å². The third-order valence-electron chi connectivity index (χ3n) is 3.92. The normalized spacial score (nSPS) is 21.4. The van der Waals surface area contributed by atoms with Crippen molar-refractivity contribution in [2.24, 2.45) is 11.5 Å². The van der Waals surface area contributed by atoms with Gasteiger partial charge in [-0.25, -0.2) is 0 Å². The van der Waals surface area contributed by atoms with Crippen LogP contribution in [0.5, 0.6) is 0 Å². The van der Waals surface area contributed by atoms with Crippen LogP contribution in [0, 0.1) is 0 Å². The maximum Gasteiger partial charge on any atom is 0.249 e. The Bertz CT molecular complexity index is 777. The van der Waals surface area contributed by atoms with Gasteiger partial charge in [-0.05, 0) is 41.2 Å². The van der Waals surface area contributed by atoms with Crippen molar-refractivity contribution in [1.29, 1.82) is 0 Å². The zero-order chi connectivity index (χ0) is 18.5. The number of hydrogen-bond donors (Lipinski definition) is 4. The van der Waals surface area contributed by atoms with E-state index in [0.717, 1.165) is 24.2 Å². The first-order valence-electron chi connectivity index (χ1n) is 8.06. The molecule has 0 bridgehead atoms. The number of benzene rings is 1. The maximum atomic E-state index is 11.8. The van der Waals surface area contributed by atoms with Gasteiger partial charge < -0.3 is 22.1 Å². The first-order chi connectivity index (χ1) is 12.5. The van der Waals surface area contributed by atoms with Crippen LogP contribution in [0.15, 0.2) is 32.5 Å². The van der Waals surface area contributed by atoms with E-state index in [1.165, 1.54) is 0 Å². The van der Waals surface area contributed by atoms with Gasteiger partial charge in [0.25, 0.3) is 0 Å². The Morgan fingerprint density at radius 3 is 1.58 bits per heavy atom. The zero-order valence-electron chi connectivity index (χ0n) is 13.9. The van der Waals surface area contributed by atoms with Crippen molar-refractivity contribution < 1.29 is 9.59 Å². The second-order valence-corrected chi connectivity index (χ2v) is 10.2. The fourth-order valence-electron chi connectivity index (χ4n) is 2.69. The highest BCUT2D eigenvalue weighted by Gasteiger charge is 2.20. The van der Waals surface area contributed by atoms with Crippen LogP contribution in [0.25, 0.3) is 0 Å². The number of anilines is 2. The standard InChI is InChI=1S/C18H20I2N4O2/c21-17(25)13-7-15(23-11-3-1-5-19-9-11)16(8-14(13)18(22)26)24-12-4-2-6-20-10-12/h1-2,5-12,23-24H,3-4H2,(H2,21,25)(H2,22,26). The molecule has 2 aliphatic rings. The van der Waals surface area contributed by atoms with Crippen LogP contribution >= 0.6 is 41.5 Å². The van der Waals surface area contributed by atoms with Gasteiger partial charge in [-0.2, -0.15) is 0 Å². The number of hydrogen-bond acceptors (Lipinski definition) is 4. The average molecular weight is 578 g/mol. The minimum atomic E-state index is -0.661. The molecular formula is C18H20I2N4O2.